The zero-order valence-electron chi connectivity index (χ0n) is 8.26. The van der Waals surface area contributed by atoms with E-state index in [2.05, 4.69) is 4.90 Å². The van der Waals surface area contributed by atoms with Crippen molar-refractivity contribution in [3.05, 3.63) is 0 Å². The Labute approximate surface area is 79.1 Å². The molecular weight excluding hydrogens is 169 g/mol. The Hall–Kier alpha value is -0.150. The average Bonchev–Trinajstić information content (AvgIpc) is 2.57. The van der Waals surface area contributed by atoms with Crippen LogP contribution in [0.2, 0.25) is 0 Å². The third-order valence-corrected chi connectivity index (χ3v) is 3.34. The Morgan fingerprint density at radius 3 is 3.23 bits per heavy atom. The van der Waals surface area contributed by atoms with Crippen molar-refractivity contribution in [1.82, 2.24) is 4.90 Å². The highest BCUT2D eigenvalue weighted by Gasteiger charge is 2.48. The van der Waals surface area contributed by atoms with E-state index in [1.54, 1.807) is 0 Å². The molecule has 3 heteroatoms. The highest BCUT2D eigenvalue weighted by molar-refractivity contribution is 5.03. The second kappa shape index (κ2) is 3.54. The second-order valence-electron chi connectivity index (χ2n) is 4.21. The second-order valence-corrected chi connectivity index (χ2v) is 4.21. The molecule has 0 spiro atoms. The Kier molecular flexibility index (Phi) is 2.56. The van der Waals surface area contributed by atoms with E-state index in [-0.39, 0.29) is 5.54 Å². The number of rotatable bonds is 3. The van der Waals surface area contributed by atoms with Gasteiger partial charge in [-0.25, -0.2) is 4.39 Å². The van der Waals surface area contributed by atoms with Crippen molar-refractivity contribution in [3.8, 4) is 0 Å². The quantitative estimate of drug-likeness (QED) is 0.665. The van der Waals surface area contributed by atoms with Gasteiger partial charge in [-0.3, -0.25) is 4.90 Å². The Balaban J connectivity index is 2.00. The molecule has 0 radical (unpaired) electrons. The lowest BCUT2D eigenvalue weighted by atomic mass is 9.95. The molecule has 2 atom stereocenters. The summed E-state index contributed by atoms with van der Waals surface area (Å²) in [5.74, 6) is 0. The van der Waals surface area contributed by atoms with Crippen LogP contribution in [-0.2, 0) is 4.74 Å². The monoisotopic (exact) mass is 187 g/mol. The van der Waals surface area contributed by atoms with Gasteiger partial charge in [-0.2, -0.15) is 0 Å². The van der Waals surface area contributed by atoms with E-state index in [4.69, 9.17) is 4.74 Å². The van der Waals surface area contributed by atoms with E-state index in [0.29, 0.717) is 13.0 Å². The highest BCUT2D eigenvalue weighted by Crippen LogP contribution is 2.40. The molecule has 0 N–H and O–H groups in total. The summed E-state index contributed by atoms with van der Waals surface area (Å²) in [5.41, 5.74) is 0.0649. The first-order valence-corrected chi connectivity index (χ1v) is 5.24. The first-order chi connectivity index (χ1) is 6.27. The van der Waals surface area contributed by atoms with Gasteiger partial charge in [0.25, 0.3) is 0 Å². The number of ether oxygens (including phenoxy) is 1. The van der Waals surface area contributed by atoms with Gasteiger partial charge in [0.1, 0.15) is 6.17 Å². The summed E-state index contributed by atoms with van der Waals surface area (Å²) in [4.78, 5) is 2.29. The molecule has 0 aliphatic carbocycles. The zero-order chi connectivity index (χ0) is 9.31. The van der Waals surface area contributed by atoms with Gasteiger partial charge in [0.05, 0.1) is 6.61 Å². The van der Waals surface area contributed by atoms with Crippen LogP contribution < -0.4 is 0 Å². The number of alkyl halides is 1. The predicted molar refractivity (Wildman–Crippen MR) is 49.5 cm³/mol. The van der Waals surface area contributed by atoms with E-state index in [1.807, 2.05) is 6.92 Å². The van der Waals surface area contributed by atoms with Crippen LogP contribution in [0.4, 0.5) is 4.39 Å². The molecule has 0 saturated carbocycles. The van der Waals surface area contributed by atoms with Crippen LogP contribution in [0.1, 0.15) is 26.2 Å². The summed E-state index contributed by atoms with van der Waals surface area (Å²) in [6.07, 6.45) is 2.39. The molecule has 76 valence electrons. The van der Waals surface area contributed by atoms with Crippen molar-refractivity contribution in [1.29, 1.82) is 0 Å². The fourth-order valence-corrected chi connectivity index (χ4v) is 2.74. The predicted octanol–water partition coefficient (Wildman–Crippen LogP) is 1.60. The van der Waals surface area contributed by atoms with Crippen LogP contribution in [0.3, 0.4) is 0 Å². The van der Waals surface area contributed by atoms with Gasteiger partial charge >= 0.3 is 0 Å². The largest absolute Gasteiger partial charge is 0.380 e. The van der Waals surface area contributed by atoms with E-state index < -0.39 is 6.17 Å². The molecule has 0 amide bonds. The number of fused-ring (bicyclic) bond motifs is 1. The maximum atomic E-state index is 13.2. The molecule has 13 heavy (non-hydrogen) atoms. The minimum atomic E-state index is -0.624. The zero-order valence-corrected chi connectivity index (χ0v) is 8.26. The lowest BCUT2D eigenvalue weighted by molar-refractivity contribution is 0.0413. The summed E-state index contributed by atoms with van der Waals surface area (Å²) >= 11 is 0. The average molecular weight is 187 g/mol. The summed E-state index contributed by atoms with van der Waals surface area (Å²) in [5, 5.41) is 0. The maximum absolute atomic E-state index is 13.2. The minimum Gasteiger partial charge on any atom is -0.380 e. The molecular formula is C10H18FNO. The van der Waals surface area contributed by atoms with E-state index >= 15 is 0 Å². The normalized spacial score (nSPS) is 39.7. The molecule has 0 aromatic rings. The van der Waals surface area contributed by atoms with Crippen molar-refractivity contribution in [2.24, 2.45) is 0 Å². The summed E-state index contributed by atoms with van der Waals surface area (Å²) < 4.78 is 18.7. The SMILES string of the molecule is CCOCC12CCCN1C[C@H](F)C2. The Bertz CT molecular complexity index is 188. The molecule has 0 bridgehead atoms. The highest BCUT2D eigenvalue weighted by atomic mass is 19.1. The van der Waals surface area contributed by atoms with Gasteiger partial charge in [0.2, 0.25) is 0 Å². The van der Waals surface area contributed by atoms with Crippen molar-refractivity contribution >= 4 is 0 Å². The van der Waals surface area contributed by atoms with Crippen LogP contribution in [0.15, 0.2) is 0 Å². The first-order valence-electron chi connectivity index (χ1n) is 5.24. The first kappa shape index (κ1) is 9.41. The van der Waals surface area contributed by atoms with E-state index in [1.165, 1.54) is 6.42 Å². The van der Waals surface area contributed by atoms with Gasteiger partial charge in [0, 0.05) is 25.1 Å². The van der Waals surface area contributed by atoms with Gasteiger partial charge < -0.3 is 4.74 Å². The summed E-state index contributed by atoms with van der Waals surface area (Å²) in [7, 11) is 0. The number of halogens is 1. The van der Waals surface area contributed by atoms with Gasteiger partial charge in [-0.1, -0.05) is 0 Å². The Morgan fingerprint density at radius 1 is 1.62 bits per heavy atom. The molecule has 2 saturated heterocycles. The molecule has 0 aromatic heterocycles. The molecule has 2 aliphatic rings. The minimum absolute atomic E-state index is 0.0649. The molecule has 2 heterocycles. The van der Waals surface area contributed by atoms with Gasteiger partial charge in [-0.05, 0) is 26.3 Å². The molecule has 2 fully saturated rings. The number of nitrogens with zero attached hydrogens (tertiary/aromatic N) is 1. The molecule has 2 aliphatic heterocycles. The van der Waals surface area contributed by atoms with Crippen molar-refractivity contribution in [2.75, 3.05) is 26.3 Å². The lowest BCUT2D eigenvalue weighted by Gasteiger charge is -2.30. The maximum Gasteiger partial charge on any atom is 0.115 e. The number of hydrogen-bond donors (Lipinski definition) is 0. The van der Waals surface area contributed by atoms with Crippen molar-refractivity contribution in [3.63, 3.8) is 0 Å². The van der Waals surface area contributed by atoms with Crippen molar-refractivity contribution < 1.29 is 9.13 Å². The smallest absolute Gasteiger partial charge is 0.115 e. The standard InChI is InChI=1S/C10H18FNO/c1-2-13-8-10-4-3-5-12(10)7-9(11)6-10/h9H,2-8H2,1H3/t9-,10?/m1/s1. The van der Waals surface area contributed by atoms with Gasteiger partial charge in [0.15, 0.2) is 0 Å². The van der Waals surface area contributed by atoms with E-state index in [0.717, 1.165) is 26.2 Å². The van der Waals surface area contributed by atoms with Crippen molar-refractivity contribution in [2.45, 2.75) is 37.9 Å². The Morgan fingerprint density at radius 2 is 2.46 bits per heavy atom. The lowest BCUT2D eigenvalue weighted by Crippen LogP contribution is -2.42. The van der Waals surface area contributed by atoms with Crippen LogP contribution in [-0.4, -0.2) is 42.9 Å². The van der Waals surface area contributed by atoms with Crippen LogP contribution in [0.5, 0.6) is 0 Å². The van der Waals surface area contributed by atoms with E-state index in [9.17, 15) is 4.39 Å². The topological polar surface area (TPSA) is 12.5 Å². The number of hydrogen-bond acceptors (Lipinski definition) is 2. The fraction of sp³-hybridized carbons (Fsp3) is 1.00. The summed E-state index contributed by atoms with van der Waals surface area (Å²) in [6, 6.07) is 0. The molecule has 1 unspecified atom stereocenters. The molecule has 2 nitrogen and oxygen atoms in total. The van der Waals surface area contributed by atoms with Gasteiger partial charge in [-0.15, -0.1) is 0 Å². The molecule has 0 aromatic carbocycles. The van der Waals surface area contributed by atoms with Crippen LogP contribution >= 0.6 is 0 Å². The molecule has 2 rings (SSSR count). The summed E-state index contributed by atoms with van der Waals surface area (Å²) in [6.45, 7) is 5.16. The van der Waals surface area contributed by atoms with Crippen LogP contribution in [0.25, 0.3) is 0 Å². The third kappa shape index (κ3) is 1.59. The fourth-order valence-electron chi connectivity index (χ4n) is 2.74. The third-order valence-electron chi connectivity index (χ3n) is 3.34. The van der Waals surface area contributed by atoms with Crippen LogP contribution in [0, 0.1) is 0 Å².